The van der Waals surface area contributed by atoms with Crippen LogP contribution in [0.4, 0.5) is 0 Å². The molecule has 0 bridgehead atoms. The largest absolute Gasteiger partial charge is 0.341 e. The summed E-state index contributed by atoms with van der Waals surface area (Å²) < 4.78 is 0. The van der Waals surface area contributed by atoms with E-state index in [1.54, 1.807) is 0 Å². The second-order valence-electron chi connectivity index (χ2n) is 3.61. The first kappa shape index (κ1) is 8.51. The molecule has 0 aliphatic carbocycles. The van der Waals surface area contributed by atoms with Crippen LogP contribution >= 0.6 is 0 Å². The number of hydrogen-bond acceptors (Lipinski definition) is 2. The van der Waals surface area contributed by atoms with E-state index >= 15 is 0 Å². The van der Waals surface area contributed by atoms with Crippen LogP contribution in [0.15, 0.2) is 12.8 Å². The Hall–Kier alpha value is -1.09. The predicted molar refractivity (Wildman–Crippen MR) is 53.3 cm³/mol. The minimum atomic E-state index is 0.424. The van der Waals surface area contributed by atoms with Crippen LogP contribution in [0.1, 0.15) is 37.3 Å². The molecule has 1 aliphatic heterocycles. The van der Waals surface area contributed by atoms with Crippen LogP contribution in [-0.2, 0) is 0 Å². The molecule has 0 radical (unpaired) electrons. The van der Waals surface area contributed by atoms with Gasteiger partial charge in [-0.15, -0.1) is 0 Å². The van der Waals surface area contributed by atoms with Gasteiger partial charge in [0.25, 0.3) is 0 Å². The van der Waals surface area contributed by atoms with Crippen molar-refractivity contribution in [3.8, 4) is 0 Å². The van der Waals surface area contributed by atoms with Crippen molar-refractivity contribution in [3.63, 3.8) is 0 Å². The van der Waals surface area contributed by atoms with Crippen LogP contribution in [0.5, 0.6) is 0 Å². The summed E-state index contributed by atoms with van der Waals surface area (Å²) in [6.45, 7) is 6.96. The molecule has 3 heteroatoms. The van der Waals surface area contributed by atoms with Crippen molar-refractivity contribution in [1.82, 2.24) is 15.3 Å². The highest BCUT2D eigenvalue weighted by atomic mass is 15.0. The number of hydrogen-bond donors (Lipinski definition) is 2. The van der Waals surface area contributed by atoms with Gasteiger partial charge in [0.15, 0.2) is 0 Å². The van der Waals surface area contributed by atoms with Gasteiger partial charge in [0, 0.05) is 0 Å². The van der Waals surface area contributed by atoms with Gasteiger partial charge in [-0.2, -0.15) is 0 Å². The number of aromatic nitrogens is 2. The third-order valence-corrected chi connectivity index (χ3v) is 2.45. The lowest BCUT2D eigenvalue weighted by atomic mass is 10.2. The zero-order valence-corrected chi connectivity index (χ0v) is 7.93. The van der Waals surface area contributed by atoms with E-state index in [2.05, 4.69) is 21.9 Å². The topological polar surface area (TPSA) is 40.7 Å². The lowest BCUT2D eigenvalue weighted by Crippen LogP contribution is -2.14. The molecule has 0 amide bonds. The summed E-state index contributed by atoms with van der Waals surface area (Å²) in [5, 5.41) is 3.40. The Kier molecular flexibility index (Phi) is 2.19. The molecule has 1 aromatic rings. The Morgan fingerprint density at radius 1 is 1.69 bits per heavy atom. The van der Waals surface area contributed by atoms with Crippen LogP contribution in [0, 0.1) is 0 Å². The molecule has 13 heavy (non-hydrogen) atoms. The van der Waals surface area contributed by atoms with Crippen LogP contribution in [0.25, 0.3) is 5.57 Å². The SMILES string of the molecule is C=C(C)c1cnc([C@@H]2CCCN2)[nH]1. The molecular formula is C10H15N3. The van der Waals surface area contributed by atoms with E-state index in [-0.39, 0.29) is 0 Å². The average molecular weight is 177 g/mol. The summed E-state index contributed by atoms with van der Waals surface area (Å²) in [6.07, 6.45) is 4.29. The molecule has 70 valence electrons. The number of rotatable bonds is 2. The van der Waals surface area contributed by atoms with E-state index in [9.17, 15) is 0 Å². The van der Waals surface area contributed by atoms with Crippen molar-refractivity contribution in [2.75, 3.05) is 6.54 Å². The minimum Gasteiger partial charge on any atom is -0.341 e. The van der Waals surface area contributed by atoms with Crippen molar-refractivity contribution in [2.45, 2.75) is 25.8 Å². The number of nitrogens with zero attached hydrogens (tertiary/aromatic N) is 1. The minimum absolute atomic E-state index is 0.424. The first-order chi connectivity index (χ1) is 6.27. The van der Waals surface area contributed by atoms with E-state index in [1.807, 2.05) is 13.1 Å². The summed E-state index contributed by atoms with van der Waals surface area (Å²) in [5.74, 6) is 1.05. The second kappa shape index (κ2) is 3.34. The van der Waals surface area contributed by atoms with E-state index in [4.69, 9.17) is 0 Å². The van der Waals surface area contributed by atoms with Gasteiger partial charge in [0.05, 0.1) is 17.9 Å². The fraction of sp³-hybridized carbons (Fsp3) is 0.500. The van der Waals surface area contributed by atoms with Crippen LogP contribution < -0.4 is 5.32 Å². The van der Waals surface area contributed by atoms with Crippen LogP contribution in [0.3, 0.4) is 0 Å². The van der Waals surface area contributed by atoms with E-state index in [1.165, 1.54) is 12.8 Å². The highest BCUT2D eigenvalue weighted by Crippen LogP contribution is 2.21. The quantitative estimate of drug-likeness (QED) is 0.724. The predicted octanol–water partition coefficient (Wildman–Crippen LogP) is 1.87. The van der Waals surface area contributed by atoms with Crippen molar-refractivity contribution in [1.29, 1.82) is 0 Å². The Bertz CT molecular complexity index is 308. The maximum Gasteiger partial charge on any atom is 0.123 e. The third kappa shape index (κ3) is 1.65. The molecule has 2 N–H and O–H groups in total. The first-order valence-electron chi connectivity index (χ1n) is 4.71. The summed E-state index contributed by atoms with van der Waals surface area (Å²) in [4.78, 5) is 7.62. The maximum atomic E-state index is 4.34. The van der Waals surface area contributed by atoms with Crippen molar-refractivity contribution >= 4 is 5.57 Å². The van der Waals surface area contributed by atoms with Crippen LogP contribution in [0.2, 0.25) is 0 Å². The highest BCUT2D eigenvalue weighted by Gasteiger charge is 2.18. The van der Waals surface area contributed by atoms with Gasteiger partial charge in [0.2, 0.25) is 0 Å². The average Bonchev–Trinajstić information content (AvgIpc) is 2.75. The monoisotopic (exact) mass is 177 g/mol. The number of H-pyrrole nitrogens is 1. The second-order valence-corrected chi connectivity index (χ2v) is 3.61. The fourth-order valence-electron chi connectivity index (χ4n) is 1.65. The molecule has 0 unspecified atom stereocenters. The zero-order chi connectivity index (χ0) is 9.26. The summed E-state index contributed by atoms with van der Waals surface area (Å²) in [7, 11) is 0. The summed E-state index contributed by atoms with van der Waals surface area (Å²) in [6, 6.07) is 0.424. The van der Waals surface area contributed by atoms with Gasteiger partial charge in [0.1, 0.15) is 5.82 Å². The molecule has 1 saturated heterocycles. The molecule has 2 heterocycles. The number of nitrogens with one attached hydrogen (secondary N) is 2. The zero-order valence-electron chi connectivity index (χ0n) is 7.93. The fourth-order valence-corrected chi connectivity index (χ4v) is 1.65. The third-order valence-electron chi connectivity index (χ3n) is 2.45. The van der Waals surface area contributed by atoms with Gasteiger partial charge in [-0.05, 0) is 31.9 Å². The van der Waals surface area contributed by atoms with Gasteiger partial charge < -0.3 is 10.3 Å². The van der Waals surface area contributed by atoms with Crippen molar-refractivity contribution in [3.05, 3.63) is 24.3 Å². The van der Waals surface area contributed by atoms with E-state index < -0.39 is 0 Å². The number of allylic oxidation sites excluding steroid dienone is 1. The number of aromatic amines is 1. The molecule has 0 aromatic carbocycles. The number of imidazole rings is 1. The Labute approximate surface area is 78.3 Å². The normalized spacial score (nSPS) is 22.1. The van der Waals surface area contributed by atoms with Gasteiger partial charge in [-0.3, -0.25) is 0 Å². The molecule has 3 nitrogen and oxygen atoms in total. The standard InChI is InChI=1S/C10H15N3/c1-7(2)9-6-12-10(13-9)8-4-3-5-11-8/h6,8,11H,1,3-5H2,2H3,(H,12,13)/t8-/m0/s1. The molecule has 2 rings (SSSR count). The summed E-state index contributed by atoms with van der Waals surface area (Å²) >= 11 is 0. The Morgan fingerprint density at radius 3 is 3.08 bits per heavy atom. The van der Waals surface area contributed by atoms with E-state index in [0.717, 1.165) is 23.6 Å². The molecule has 1 atom stereocenters. The van der Waals surface area contributed by atoms with Gasteiger partial charge >= 0.3 is 0 Å². The molecule has 1 aromatic heterocycles. The molecule has 1 fully saturated rings. The molecule has 0 saturated carbocycles. The van der Waals surface area contributed by atoms with E-state index in [0.29, 0.717) is 6.04 Å². The Balaban J connectivity index is 2.16. The van der Waals surface area contributed by atoms with Crippen molar-refractivity contribution < 1.29 is 0 Å². The molecule has 0 spiro atoms. The molecular weight excluding hydrogens is 162 g/mol. The highest BCUT2D eigenvalue weighted by molar-refractivity contribution is 5.56. The van der Waals surface area contributed by atoms with Crippen molar-refractivity contribution in [2.24, 2.45) is 0 Å². The maximum absolute atomic E-state index is 4.34. The smallest absolute Gasteiger partial charge is 0.123 e. The van der Waals surface area contributed by atoms with Gasteiger partial charge in [-0.25, -0.2) is 4.98 Å². The first-order valence-corrected chi connectivity index (χ1v) is 4.71. The van der Waals surface area contributed by atoms with Crippen LogP contribution in [-0.4, -0.2) is 16.5 Å². The lowest BCUT2D eigenvalue weighted by Gasteiger charge is -2.05. The van der Waals surface area contributed by atoms with Gasteiger partial charge in [-0.1, -0.05) is 6.58 Å². The lowest BCUT2D eigenvalue weighted by molar-refractivity contribution is 0.612. The Morgan fingerprint density at radius 2 is 2.54 bits per heavy atom. The summed E-state index contributed by atoms with van der Waals surface area (Å²) in [5.41, 5.74) is 2.08. The molecule has 1 aliphatic rings.